The quantitative estimate of drug-likeness (QED) is 0.790. The van der Waals surface area contributed by atoms with Gasteiger partial charge in [-0.2, -0.15) is 5.26 Å². The van der Waals surface area contributed by atoms with E-state index >= 15 is 0 Å². The summed E-state index contributed by atoms with van der Waals surface area (Å²) in [4.78, 5) is 0. The standard InChI is InChI=1S/C11H13NO2/c1-8(7-13)9-3-4-11(14-2)10(5-9)6-12/h3-5,8,13H,7H2,1-2H3. The van der Waals surface area contributed by atoms with Crippen LogP contribution in [0.5, 0.6) is 5.75 Å². The lowest BCUT2D eigenvalue weighted by atomic mass is 10.00. The number of aliphatic hydroxyl groups is 1. The molecule has 0 aliphatic heterocycles. The number of hydrogen-bond donors (Lipinski definition) is 1. The lowest BCUT2D eigenvalue weighted by Crippen LogP contribution is -1.99. The third-order valence-corrected chi connectivity index (χ3v) is 2.19. The summed E-state index contributed by atoms with van der Waals surface area (Å²) in [5.41, 5.74) is 1.45. The van der Waals surface area contributed by atoms with Crippen LogP contribution in [-0.2, 0) is 0 Å². The Morgan fingerprint density at radius 2 is 2.29 bits per heavy atom. The minimum atomic E-state index is 0.0491. The van der Waals surface area contributed by atoms with Gasteiger partial charge in [-0.05, 0) is 17.7 Å². The summed E-state index contributed by atoms with van der Waals surface area (Å²) in [5, 5.41) is 17.8. The van der Waals surface area contributed by atoms with E-state index in [4.69, 9.17) is 15.1 Å². The van der Waals surface area contributed by atoms with Gasteiger partial charge in [0.05, 0.1) is 12.7 Å². The maximum absolute atomic E-state index is 8.96. The highest BCUT2D eigenvalue weighted by Crippen LogP contribution is 2.23. The molecule has 1 aromatic rings. The Balaban J connectivity index is 3.09. The number of aliphatic hydroxyl groups excluding tert-OH is 1. The van der Waals surface area contributed by atoms with Gasteiger partial charge < -0.3 is 9.84 Å². The molecule has 1 N–H and O–H groups in total. The molecule has 0 spiro atoms. The summed E-state index contributed by atoms with van der Waals surface area (Å²) in [6.45, 7) is 1.99. The van der Waals surface area contributed by atoms with Crippen LogP contribution in [0.1, 0.15) is 24.0 Å². The van der Waals surface area contributed by atoms with Crippen LogP contribution in [-0.4, -0.2) is 18.8 Å². The average Bonchev–Trinajstić information content (AvgIpc) is 2.26. The number of rotatable bonds is 3. The minimum Gasteiger partial charge on any atom is -0.495 e. The number of hydrogen-bond acceptors (Lipinski definition) is 3. The van der Waals surface area contributed by atoms with Gasteiger partial charge in [-0.1, -0.05) is 13.0 Å². The lowest BCUT2D eigenvalue weighted by molar-refractivity contribution is 0.273. The van der Waals surface area contributed by atoms with E-state index in [1.807, 2.05) is 13.0 Å². The van der Waals surface area contributed by atoms with Gasteiger partial charge in [-0.15, -0.1) is 0 Å². The molecule has 0 fully saturated rings. The molecule has 1 unspecified atom stereocenters. The molecule has 0 radical (unpaired) electrons. The highest BCUT2D eigenvalue weighted by atomic mass is 16.5. The highest BCUT2D eigenvalue weighted by Gasteiger charge is 2.08. The predicted molar refractivity (Wildman–Crippen MR) is 53.2 cm³/mol. The fraction of sp³-hybridized carbons (Fsp3) is 0.364. The molecule has 0 saturated heterocycles. The molecule has 0 aliphatic rings. The number of ether oxygens (including phenoxy) is 1. The summed E-state index contributed by atoms with van der Waals surface area (Å²) in [6.07, 6.45) is 0. The van der Waals surface area contributed by atoms with E-state index in [-0.39, 0.29) is 12.5 Å². The van der Waals surface area contributed by atoms with Gasteiger partial charge >= 0.3 is 0 Å². The third kappa shape index (κ3) is 2.04. The minimum absolute atomic E-state index is 0.0491. The Labute approximate surface area is 83.6 Å². The van der Waals surface area contributed by atoms with Crippen LogP contribution in [0, 0.1) is 11.3 Å². The maximum Gasteiger partial charge on any atom is 0.136 e. The molecule has 1 aromatic carbocycles. The van der Waals surface area contributed by atoms with Crippen molar-refractivity contribution in [2.75, 3.05) is 13.7 Å². The van der Waals surface area contributed by atoms with E-state index in [0.717, 1.165) is 5.56 Å². The SMILES string of the molecule is COc1ccc(C(C)CO)cc1C#N. The normalized spacial score (nSPS) is 11.9. The molecule has 0 aromatic heterocycles. The van der Waals surface area contributed by atoms with Crippen LogP contribution < -0.4 is 4.74 Å². The van der Waals surface area contributed by atoms with Gasteiger partial charge in [0.15, 0.2) is 0 Å². The van der Waals surface area contributed by atoms with Gasteiger partial charge in [0, 0.05) is 12.5 Å². The Kier molecular flexibility index (Phi) is 3.49. The second-order valence-corrected chi connectivity index (χ2v) is 3.16. The Morgan fingerprint density at radius 1 is 1.57 bits per heavy atom. The highest BCUT2D eigenvalue weighted by molar-refractivity contribution is 5.46. The number of methoxy groups -OCH3 is 1. The van der Waals surface area contributed by atoms with E-state index < -0.39 is 0 Å². The smallest absolute Gasteiger partial charge is 0.136 e. The van der Waals surface area contributed by atoms with E-state index in [1.165, 1.54) is 7.11 Å². The van der Waals surface area contributed by atoms with E-state index in [1.54, 1.807) is 12.1 Å². The molecule has 14 heavy (non-hydrogen) atoms. The molecule has 74 valence electrons. The van der Waals surface area contributed by atoms with Gasteiger partial charge in [0.2, 0.25) is 0 Å². The van der Waals surface area contributed by atoms with E-state index in [0.29, 0.717) is 11.3 Å². The Bertz CT molecular complexity index is 355. The zero-order valence-electron chi connectivity index (χ0n) is 8.32. The zero-order chi connectivity index (χ0) is 10.6. The molecule has 0 amide bonds. The molecule has 1 rings (SSSR count). The number of benzene rings is 1. The van der Waals surface area contributed by atoms with Crippen molar-refractivity contribution in [1.29, 1.82) is 5.26 Å². The van der Waals surface area contributed by atoms with Crippen molar-refractivity contribution in [2.24, 2.45) is 0 Å². The van der Waals surface area contributed by atoms with Crippen molar-refractivity contribution < 1.29 is 9.84 Å². The Hall–Kier alpha value is -1.53. The summed E-state index contributed by atoms with van der Waals surface area (Å²) >= 11 is 0. The fourth-order valence-electron chi connectivity index (χ4n) is 1.22. The molecule has 3 heteroatoms. The van der Waals surface area contributed by atoms with Crippen LogP contribution >= 0.6 is 0 Å². The summed E-state index contributed by atoms with van der Waals surface area (Å²) in [6, 6.07) is 7.42. The second kappa shape index (κ2) is 4.64. The average molecular weight is 191 g/mol. The van der Waals surface area contributed by atoms with Crippen LogP contribution in [0.25, 0.3) is 0 Å². The van der Waals surface area contributed by atoms with Crippen molar-refractivity contribution in [3.05, 3.63) is 29.3 Å². The summed E-state index contributed by atoms with van der Waals surface area (Å²) in [7, 11) is 1.53. The monoisotopic (exact) mass is 191 g/mol. The molecule has 0 bridgehead atoms. The van der Waals surface area contributed by atoms with Gasteiger partial charge in [-0.3, -0.25) is 0 Å². The summed E-state index contributed by atoms with van der Waals surface area (Å²) < 4.78 is 5.02. The van der Waals surface area contributed by atoms with Gasteiger partial charge in [0.1, 0.15) is 11.8 Å². The summed E-state index contributed by atoms with van der Waals surface area (Å²) in [5.74, 6) is 0.620. The lowest BCUT2D eigenvalue weighted by Gasteiger charge is -2.10. The van der Waals surface area contributed by atoms with Crippen molar-refractivity contribution in [3.63, 3.8) is 0 Å². The molecule has 0 heterocycles. The second-order valence-electron chi connectivity index (χ2n) is 3.16. The first-order valence-corrected chi connectivity index (χ1v) is 4.41. The molecular formula is C11H13NO2. The number of nitrogens with zero attached hydrogens (tertiary/aromatic N) is 1. The first-order valence-electron chi connectivity index (χ1n) is 4.41. The van der Waals surface area contributed by atoms with Crippen LogP contribution in [0.4, 0.5) is 0 Å². The molecule has 3 nitrogen and oxygen atoms in total. The van der Waals surface area contributed by atoms with E-state index in [2.05, 4.69) is 6.07 Å². The van der Waals surface area contributed by atoms with Crippen LogP contribution in [0.15, 0.2) is 18.2 Å². The first-order chi connectivity index (χ1) is 6.72. The van der Waals surface area contributed by atoms with Crippen molar-refractivity contribution in [1.82, 2.24) is 0 Å². The third-order valence-electron chi connectivity index (χ3n) is 2.19. The molecule has 0 aliphatic carbocycles. The molecule has 0 saturated carbocycles. The predicted octanol–water partition coefficient (Wildman–Crippen LogP) is 1.66. The van der Waals surface area contributed by atoms with Crippen molar-refractivity contribution in [2.45, 2.75) is 12.8 Å². The van der Waals surface area contributed by atoms with Gasteiger partial charge in [0.25, 0.3) is 0 Å². The van der Waals surface area contributed by atoms with E-state index in [9.17, 15) is 0 Å². The first kappa shape index (κ1) is 10.6. The fourth-order valence-corrected chi connectivity index (χ4v) is 1.22. The molecule has 1 atom stereocenters. The van der Waals surface area contributed by atoms with Crippen LogP contribution in [0.2, 0.25) is 0 Å². The Morgan fingerprint density at radius 3 is 2.79 bits per heavy atom. The largest absolute Gasteiger partial charge is 0.495 e. The molecular weight excluding hydrogens is 178 g/mol. The zero-order valence-corrected chi connectivity index (χ0v) is 8.32. The van der Waals surface area contributed by atoms with Gasteiger partial charge in [-0.25, -0.2) is 0 Å². The maximum atomic E-state index is 8.96. The van der Waals surface area contributed by atoms with Crippen molar-refractivity contribution >= 4 is 0 Å². The van der Waals surface area contributed by atoms with Crippen LogP contribution in [0.3, 0.4) is 0 Å². The number of nitriles is 1. The van der Waals surface area contributed by atoms with Crippen molar-refractivity contribution in [3.8, 4) is 11.8 Å². The topological polar surface area (TPSA) is 53.2 Å².